The zero-order valence-electron chi connectivity index (χ0n) is 12.3. The maximum Gasteiger partial charge on any atom is 0.422 e. The first kappa shape index (κ1) is 18.1. The maximum absolute atomic E-state index is 12.3. The van der Waals surface area contributed by atoms with E-state index in [1.807, 2.05) is 0 Å². The summed E-state index contributed by atoms with van der Waals surface area (Å²) < 4.78 is 46.3. The van der Waals surface area contributed by atoms with Crippen molar-refractivity contribution in [2.45, 2.75) is 6.18 Å². The van der Waals surface area contributed by atoms with Gasteiger partial charge in [0.2, 0.25) is 0 Å². The molecule has 0 unspecified atom stereocenters. The molecule has 0 radical (unpaired) electrons. The second-order valence-corrected chi connectivity index (χ2v) is 5.46. The molecule has 9 heteroatoms. The molecule has 0 saturated carbocycles. The predicted molar refractivity (Wildman–Crippen MR) is 81.9 cm³/mol. The molecule has 2 aromatic rings. The van der Waals surface area contributed by atoms with Gasteiger partial charge in [-0.2, -0.15) is 13.2 Å². The van der Waals surface area contributed by atoms with Crippen LogP contribution in [-0.2, 0) is 4.74 Å². The van der Waals surface area contributed by atoms with Crippen molar-refractivity contribution >= 4 is 33.5 Å². The van der Waals surface area contributed by atoms with Crippen molar-refractivity contribution in [2.75, 3.05) is 18.6 Å². The first-order valence-electron chi connectivity index (χ1n) is 6.55. The number of hydrogen-bond donors (Lipinski definition) is 0. The van der Waals surface area contributed by atoms with Gasteiger partial charge in [-0.3, -0.25) is 4.79 Å². The van der Waals surface area contributed by atoms with Crippen LogP contribution in [0.1, 0.15) is 20.9 Å². The van der Waals surface area contributed by atoms with Crippen molar-refractivity contribution in [2.24, 2.45) is 0 Å². The highest BCUT2D eigenvalue weighted by Gasteiger charge is 2.31. The van der Waals surface area contributed by atoms with Gasteiger partial charge >= 0.3 is 12.1 Å². The van der Waals surface area contributed by atoms with Gasteiger partial charge in [0.15, 0.2) is 17.0 Å². The summed E-state index contributed by atoms with van der Waals surface area (Å²) in [6.07, 6.45) is -4.63. The summed E-state index contributed by atoms with van der Waals surface area (Å²) in [6.45, 7) is -1.71. The third kappa shape index (κ3) is 4.38. The lowest BCUT2D eigenvalue weighted by atomic mass is 10.1. The summed E-state index contributed by atoms with van der Waals surface area (Å²) in [6, 6.07) is 8.63. The molecule has 0 aliphatic rings. The number of furan rings is 1. The summed E-state index contributed by atoms with van der Waals surface area (Å²) in [5.41, 5.74) is -0.0644. The number of rotatable bonds is 4. The first-order valence-corrected chi connectivity index (χ1v) is 7.34. The van der Waals surface area contributed by atoms with E-state index in [4.69, 9.17) is 4.42 Å². The average Bonchev–Trinajstić information content (AvgIpc) is 2.97. The van der Waals surface area contributed by atoms with E-state index in [2.05, 4.69) is 20.7 Å². The summed E-state index contributed by atoms with van der Waals surface area (Å²) in [7, 11) is 1.37. The second kappa shape index (κ2) is 7.08. The maximum atomic E-state index is 12.3. The monoisotopic (exact) mass is 405 g/mol. The number of amides is 1. The van der Waals surface area contributed by atoms with Crippen molar-refractivity contribution in [3.63, 3.8) is 0 Å². The number of carbonyl (C=O) groups excluding carboxylic acids is 2. The molecule has 0 fully saturated rings. The second-order valence-electron chi connectivity index (χ2n) is 4.68. The molecular formula is C15H11BrF3NO4. The molecule has 0 aliphatic heterocycles. The molecular weight excluding hydrogens is 395 g/mol. The van der Waals surface area contributed by atoms with Crippen molar-refractivity contribution in [1.82, 2.24) is 0 Å². The fraction of sp³-hybridized carbons (Fsp3) is 0.200. The van der Waals surface area contributed by atoms with Crippen LogP contribution in [0.3, 0.4) is 0 Å². The van der Waals surface area contributed by atoms with Crippen LogP contribution >= 0.6 is 15.9 Å². The number of halogens is 4. The van der Waals surface area contributed by atoms with Gasteiger partial charge < -0.3 is 14.1 Å². The molecule has 0 aliphatic carbocycles. The SMILES string of the molecule is CN(C(=O)c1ccc(Br)o1)c1ccccc1C(=O)OCC(F)(F)F. The summed E-state index contributed by atoms with van der Waals surface area (Å²) >= 11 is 3.06. The number of benzene rings is 1. The van der Waals surface area contributed by atoms with Gasteiger partial charge in [-0.15, -0.1) is 0 Å². The summed E-state index contributed by atoms with van der Waals surface area (Å²) in [5.74, 6) is -1.75. The highest BCUT2D eigenvalue weighted by atomic mass is 79.9. The number of ether oxygens (including phenoxy) is 1. The van der Waals surface area contributed by atoms with E-state index in [0.29, 0.717) is 4.67 Å². The third-order valence-electron chi connectivity index (χ3n) is 2.94. The standard InChI is InChI=1S/C15H11BrF3NO4/c1-20(13(21)11-6-7-12(16)24-11)10-5-3-2-4-9(10)14(22)23-8-15(17,18)19/h2-7H,8H2,1H3. The Balaban J connectivity index is 2.24. The molecule has 0 saturated heterocycles. The van der Waals surface area contributed by atoms with Crippen LogP contribution in [-0.4, -0.2) is 31.7 Å². The van der Waals surface area contributed by atoms with Crippen molar-refractivity contribution in [3.8, 4) is 0 Å². The van der Waals surface area contributed by atoms with Gasteiger partial charge in [0.05, 0.1) is 11.3 Å². The highest BCUT2D eigenvalue weighted by Crippen LogP contribution is 2.24. The number of anilines is 1. The predicted octanol–water partition coefficient (Wildman–Crippen LogP) is 4.04. The Morgan fingerprint density at radius 1 is 1.21 bits per heavy atom. The van der Waals surface area contributed by atoms with Gasteiger partial charge in [-0.1, -0.05) is 12.1 Å². The number of alkyl halides is 3. The van der Waals surface area contributed by atoms with Crippen LogP contribution in [0, 0.1) is 0 Å². The molecule has 1 aromatic heterocycles. The van der Waals surface area contributed by atoms with Gasteiger partial charge in [0, 0.05) is 7.05 Å². The smallest absolute Gasteiger partial charge is 0.422 e. The Kier molecular flexibility index (Phi) is 5.33. The molecule has 0 bridgehead atoms. The quantitative estimate of drug-likeness (QED) is 0.720. The lowest BCUT2D eigenvalue weighted by molar-refractivity contribution is -0.161. The van der Waals surface area contributed by atoms with Gasteiger partial charge in [-0.25, -0.2) is 4.79 Å². The number of esters is 1. The van der Waals surface area contributed by atoms with E-state index in [0.717, 1.165) is 4.90 Å². The first-order chi connectivity index (χ1) is 11.2. The molecule has 128 valence electrons. The van der Waals surface area contributed by atoms with Crippen LogP contribution < -0.4 is 4.90 Å². The Morgan fingerprint density at radius 2 is 1.88 bits per heavy atom. The van der Waals surface area contributed by atoms with Crippen LogP contribution in [0.4, 0.5) is 18.9 Å². The Hall–Kier alpha value is -2.29. The third-order valence-corrected chi connectivity index (χ3v) is 3.37. The summed E-state index contributed by atoms with van der Waals surface area (Å²) in [4.78, 5) is 25.3. The van der Waals surface area contributed by atoms with Gasteiger partial charge in [-0.05, 0) is 40.2 Å². The lowest BCUT2D eigenvalue weighted by Crippen LogP contribution is -2.28. The Labute approximate surface area is 143 Å². The Morgan fingerprint density at radius 3 is 2.46 bits per heavy atom. The molecule has 0 atom stereocenters. The number of carbonyl (C=O) groups is 2. The topological polar surface area (TPSA) is 59.8 Å². The molecule has 5 nitrogen and oxygen atoms in total. The number of hydrogen-bond acceptors (Lipinski definition) is 4. The van der Waals surface area contributed by atoms with E-state index >= 15 is 0 Å². The number of para-hydroxylation sites is 1. The van der Waals surface area contributed by atoms with Gasteiger partial charge in [0.25, 0.3) is 5.91 Å². The van der Waals surface area contributed by atoms with E-state index < -0.39 is 24.7 Å². The molecule has 2 rings (SSSR count). The minimum absolute atomic E-state index is 0.00263. The fourth-order valence-electron chi connectivity index (χ4n) is 1.87. The molecule has 1 amide bonds. The molecule has 0 N–H and O–H groups in total. The summed E-state index contributed by atoms with van der Waals surface area (Å²) in [5, 5.41) is 0. The van der Waals surface area contributed by atoms with Crippen molar-refractivity contribution in [3.05, 3.63) is 52.4 Å². The normalized spacial score (nSPS) is 11.2. The average molecular weight is 406 g/mol. The molecule has 1 heterocycles. The molecule has 1 aromatic carbocycles. The van der Waals surface area contributed by atoms with E-state index in [9.17, 15) is 22.8 Å². The highest BCUT2D eigenvalue weighted by molar-refractivity contribution is 9.10. The zero-order chi connectivity index (χ0) is 17.9. The van der Waals surface area contributed by atoms with E-state index in [1.54, 1.807) is 0 Å². The zero-order valence-corrected chi connectivity index (χ0v) is 13.8. The Bertz CT molecular complexity index is 757. The molecule has 24 heavy (non-hydrogen) atoms. The van der Waals surface area contributed by atoms with Crippen molar-refractivity contribution in [1.29, 1.82) is 0 Å². The van der Waals surface area contributed by atoms with Crippen molar-refractivity contribution < 1.29 is 31.9 Å². The van der Waals surface area contributed by atoms with E-state index in [1.165, 1.54) is 43.4 Å². The van der Waals surface area contributed by atoms with Crippen LogP contribution in [0.2, 0.25) is 0 Å². The minimum Gasteiger partial charge on any atom is -0.452 e. The number of nitrogens with zero attached hydrogens (tertiary/aromatic N) is 1. The van der Waals surface area contributed by atoms with Crippen LogP contribution in [0.5, 0.6) is 0 Å². The lowest BCUT2D eigenvalue weighted by Gasteiger charge is -2.19. The minimum atomic E-state index is -4.63. The fourth-order valence-corrected chi connectivity index (χ4v) is 2.17. The molecule has 0 spiro atoms. The van der Waals surface area contributed by atoms with Crippen LogP contribution in [0.25, 0.3) is 0 Å². The van der Waals surface area contributed by atoms with Gasteiger partial charge in [0.1, 0.15) is 0 Å². The largest absolute Gasteiger partial charge is 0.452 e. The van der Waals surface area contributed by atoms with Crippen LogP contribution in [0.15, 0.2) is 45.5 Å². The van der Waals surface area contributed by atoms with E-state index in [-0.39, 0.29) is 17.0 Å².